The first-order valence-electron chi connectivity index (χ1n) is 7.35. The van der Waals surface area contributed by atoms with Crippen molar-refractivity contribution < 1.29 is 9.13 Å². The maximum atomic E-state index is 13.6. The fourth-order valence-corrected chi connectivity index (χ4v) is 3.32. The summed E-state index contributed by atoms with van der Waals surface area (Å²) in [7, 11) is 1.50. The molecule has 0 spiro atoms. The number of benzene rings is 1. The van der Waals surface area contributed by atoms with E-state index < -0.39 is 0 Å². The minimum absolute atomic E-state index is 0.0877. The smallest absolute Gasteiger partial charge is 0.165 e. The van der Waals surface area contributed by atoms with Gasteiger partial charge in [0, 0.05) is 9.75 Å². The van der Waals surface area contributed by atoms with Crippen LogP contribution in [0.25, 0.3) is 0 Å². The molecule has 1 aromatic carbocycles. The second-order valence-corrected chi connectivity index (χ2v) is 6.14. The monoisotopic (exact) mass is 307 g/mol. The van der Waals surface area contributed by atoms with E-state index in [9.17, 15) is 4.39 Å². The molecule has 2 nitrogen and oxygen atoms in total. The van der Waals surface area contributed by atoms with Crippen LogP contribution < -0.4 is 10.1 Å². The van der Waals surface area contributed by atoms with Crippen molar-refractivity contribution in [2.45, 2.75) is 32.7 Å². The first kappa shape index (κ1) is 16.0. The highest BCUT2D eigenvalue weighted by Gasteiger charge is 2.17. The Morgan fingerprint density at radius 2 is 2.05 bits per heavy atom. The lowest BCUT2D eigenvalue weighted by Gasteiger charge is -2.18. The third-order valence-corrected chi connectivity index (χ3v) is 4.72. The van der Waals surface area contributed by atoms with Crippen LogP contribution in [-0.2, 0) is 6.42 Å². The second-order valence-electron chi connectivity index (χ2n) is 4.94. The van der Waals surface area contributed by atoms with Crippen LogP contribution in [0.4, 0.5) is 4.39 Å². The normalized spacial score (nSPS) is 12.4. The zero-order valence-corrected chi connectivity index (χ0v) is 13.6. The Labute approximate surface area is 130 Å². The molecule has 1 heterocycles. The van der Waals surface area contributed by atoms with Crippen LogP contribution in [0.15, 0.2) is 30.3 Å². The number of aryl methyl sites for hydroxylation is 1. The van der Waals surface area contributed by atoms with Crippen molar-refractivity contribution in [3.05, 3.63) is 51.5 Å². The molecule has 2 aromatic rings. The highest BCUT2D eigenvalue weighted by molar-refractivity contribution is 7.12. The van der Waals surface area contributed by atoms with E-state index in [1.54, 1.807) is 17.4 Å². The van der Waals surface area contributed by atoms with Crippen molar-refractivity contribution in [2.75, 3.05) is 13.7 Å². The number of halogens is 1. The summed E-state index contributed by atoms with van der Waals surface area (Å²) in [5.74, 6) is -0.0287. The summed E-state index contributed by atoms with van der Waals surface area (Å²) in [5.41, 5.74) is 1.03. The summed E-state index contributed by atoms with van der Waals surface area (Å²) in [6.45, 7) is 5.22. The molecule has 0 amide bonds. The molecule has 1 unspecified atom stereocenters. The Bertz CT molecular complexity index is 582. The fourth-order valence-electron chi connectivity index (χ4n) is 2.27. The molecule has 2 rings (SSSR count). The maximum Gasteiger partial charge on any atom is 0.165 e. The van der Waals surface area contributed by atoms with Gasteiger partial charge in [0.2, 0.25) is 0 Å². The number of rotatable bonds is 7. The van der Waals surface area contributed by atoms with Gasteiger partial charge in [-0.3, -0.25) is 0 Å². The van der Waals surface area contributed by atoms with Gasteiger partial charge < -0.3 is 10.1 Å². The molecule has 21 heavy (non-hydrogen) atoms. The van der Waals surface area contributed by atoms with Crippen LogP contribution in [-0.4, -0.2) is 13.7 Å². The Morgan fingerprint density at radius 1 is 1.24 bits per heavy atom. The first-order chi connectivity index (χ1) is 10.2. The van der Waals surface area contributed by atoms with Crippen LogP contribution in [0.2, 0.25) is 0 Å². The summed E-state index contributed by atoms with van der Waals surface area (Å²) in [5, 5.41) is 3.54. The second kappa shape index (κ2) is 7.57. The van der Waals surface area contributed by atoms with Crippen LogP contribution >= 0.6 is 11.3 Å². The third kappa shape index (κ3) is 3.83. The highest BCUT2D eigenvalue weighted by atomic mass is 32.1. The standard InChI is InChI=1S/C17H22FNOS/c1-4-10-19-17(16-9-7-13(5-2)21-16)12-6-8-14(18)15(11-12)20-3/h6-9,11,17,19H,4-5,10H2,1-3H3. The van der Waals surface area contributed by atoms with Crippen molar-refractivity contribution in [1.82, 2.24) is 5.32 Å². The van der Waals surface area contributed by atoms with E-state index in [-0.39, 0.29) is 11.9 Å². The Hall–Kier alpha value is -1.39. The third-order valence-electron chi connectivity index (χ3n) is 3.42. The molecule has 1 aromatic heterocycles. The summed E-state index contributed by atoms with van der Waals surface area (Å²) in [6, 6.07) is 9.51. The van der Waals surface area contributed by atoms with Gasteiger partial charge in [-0.25, -0.2) is 4.39 Å². The average molecular weight is 307 g/mol. The molecule has 0 aliphatic rings. The topological polar surface area (TPSA) is 21.3 Å². The molecule has 0 radical (unpaired) electrons. The number of ether oxygens (including phenoxy) is 1. The van der Waals surface area contributed by atoms with Crippen LogP contribution in [0.3, 0.4) is 0 Å². The van der Waals surface area contributed by atoms with Gasteiger partial charge in [0.05, 0.1) is 13.2 Å². The molecule has 0 saturated carbocycles. The van der Waals surface area contributed by atoms with Crippen molar-refractivity contribution in [1.29, 1.82) is 0 Å². The molecule has 0 saturated heterocycles. The van der Waals surface area contributed by atoms with E-state index in [1.807, 2.05) is 6.07 Å². The lowest BCUT2D eigenvalue weighted by atomic mass is 10.0. The van der Waals surface area contributed by atoms with Crippen LogP contribution in [0.5, 0.6) is 5.75 Å². The summed E-state index contributed by atoms with van der Waals surface area (Å²) >= 11 is 1.81. The van der Waals surface area contributed by atoms with Crippen molar-refractivity contribution >= 4 is 11.3 Å². The summed E-state index contributed by atoms with van der Waals surface area (Å²) < 4.78 is 18.7. The predicted octanol–water partition coefficient (Wildman–Crippen LogP) is 4.55. The minimum atomic E-state index is -0.323. The highest BCUT2D eigenvalue weighted by Crippen LogP contribution is 2.31. The molecule has 1 atom stereocenters. The Balaban J connectivity index is 2.34. The number of hydrogen-bond acceptors (Lipinski definition) is 3. The first-order valence-corrected chi connectivity index (χ1v) is 8.16. The van der Waals surface area contributed by atoms with E-state index in [4.69, 9.17) is 4.74 Å². The van der Waals surface area contributed by atoms with Gasteiger partial charge in [-0.2, -0.15) is 0 Å². The molecule has 0 fully saturated rings. The molecular formula is C17H22FNOS. The lowest BCUT2D eigenvalue weighted by molar-refractivity contribution is 0.385. The van der Waals surface area contributed by atoms with E-state index in [0.29, 0.717) is 5.75 Å². The minimum Gasteiger partial charge on any atom is -0.494 e. The summed E-state index contributed by atoms with van der Waals surface area (Å²) in [6.07, 6.45) is 2.10. The molecule has 114 valence electrons. The number of hydrogen-bond donors (Lipinski definition) is 1. The number of methoxy groups -OCH3 is 1. The molecule has 0 aliphatic carbocycles. The quantitative estimate of drug-likeness (QED) is 0.810. The van der Waals surface area contributed by atoms with E-state index in [0.717, 1.165) is 24.9 Å². The van der Waals surface area contributed by atoms with Gasteiger partial charge in [0.1, 0.15) is 0 Å². The van der Waals surface area contributed by atoms with Gasteiger partial charge >= 0.3 is 0 Å². The Morgan fingerprint density at radius 3 is 2.67 bits per heavy atom. The van der Waals surface area contributed by atoms with E-state index in [2.05, 4.69) is 31.3 Å². The Kier molecular flexibility index (Phi) is 5.76. The van der Waals surface area contributed by atoms with Gasteiger partial charge in [-0.15, -0.1) is 11.3 Å². The van der Waals surface area contributed by atoms with Gasteiger partial charge in [-0.1, -0.05) is 19.9 Å². The van der Waals surface area contributed by atoms with Crippen molar-refractivity contribution in [2.24, 2.45) is 0 Å². The van der Waals surface area contributed by atoms with E-state index >= 15 is 0 Å². The largest absolute Gasteiger partial charge is 0.494 e. The molecule has 0 aliphatic heterocycles. The average Bonchev–Trinajstić information content (AvgIpc) is 2.98. The molecule has 1 N–H and O–H groups in total. The van der Waals surface area contributed by atoms with E-state index in [1.165, 1.54) is 22.9 Å². The van der Waals surface area contributed by atoms with Gasteiger partial charge in [0.15, 0.2) is 11.6 Å². The van der Waals surface area contributed by atoms with Crippen molar-refractivity contribution in [3.63, 3.8) is 0 Å². The zero-order valence-electron chi connectivity index (χ0n) is 12.8. The predicted molar refractivity (Wildman–Crippen MR) is 86.8 cm³/mol. The van der Waals surface area contributed by atoms with Gasteiger partial charge in [-0.05, 0) is 49.2 Å². The summed E-state index contributed by atoms with van der Waals surface area (Å²) in [4.78, 5) is 2.62. The fraction of sp³-hybridized carbons (Fsp3) is 0.412. The SMILES string of the molecule is CCCNC(c1ccc(F)c(OC)c1)c1ccc(CC)s1. The number of thiophene rings is 1. The van der Waals surface area contributed by atoms with Crippen LogP contribution in [0.1, 0.15) is 41.6 Å². The molecule has 0 bridgehead atoms. The molecule has 4 heteroatoms. The molecular weight excluding hydrogens is 285 g/mol. The zero-order chi connectivity index (χ0) is 15.2. The van der Waals surface area contributed by atoms with Gasteiger partial charge in [0.25, 0.3) is 0 Å². The van der Waals surface area contributed by atoms with Crippen molar-refractivity contribution in [3.8, 4) is 5.75 Å². The number of nitrogens with one attached hydrogen (secondary N) is 1. The van der Waals surface area contributed by atoms with Crippen LogP contribution in [0, 0.1) is 5.82 Å². The lowest BCUT2D eigenvalue weighted by Crippen LogP contribution is -2.22. The maximum absolute atomic E-state index is 13.6.